The number of ether oxygens (including phenoxy) is 1. The Balaban J connectivity index is 1.60. The van der Waals surface area contributed by atoms with Crippen LogP contribution in [0.25, 0.3) is 0 Å². The van der Waals surface area contributed by atoms with Gasteiger partial charge in [-0.3, -0.25) is 9.69 Å². The Morgan fingerprint density at radius 3 is 1.98 bits per heavy atom. The summed E-state index contributed by atoms with van der Waals surface area (Å²) in [6.45, 7) is -0.220. The van der Waals surface area contributed by atoms with Crippen LogP contribution in [0.4, 0.5) is 50.4 Å². The van der Waals surface area contributed by atoms with Gasteiger partial charge < -0.3 is 19.9 Å². The smallest absolute Gasteiger partial charge is 0.416 e. The molecule has 2 aromatic carbocycles. The Morgan fingerprint density at radius 1 is 0.870 bits per heavy atom. The highest BCUT2D eigenvalue weighted by Gasteiger charge is 2.44. The number of anilines is 1. The first-order valence-electron chi connectivity index (χ1n) is 14.3. The summed E-state index contributed by atoms with van der Waals surface area (Å²) >= 11 is 0. The first kappa shape index (κ1) is 34.8. The van der Waals surface area contributed by atoms with E-state index in [-0.39, 0.29) is 36.7 Å². The van der Waals surface area contributed by atoms with E-state index in [1.807, 2.05) is 0 Å². The summed E-state index contributed by atoms with van der Waals surface area (Å²) in [4.78, 5) is 41.8. The van der Waals surface area contributed by atoms with Gasteiger partial charge in [-0.15, -0.1) is 0 Å². The Morgan fingerprint density at radius 2 is 1.46 bits per heavy atom. The first-order valence-corrected chi connectivity index (χ1v) is 14.3. The number of halogens is 8. The van der Waals surface area contributed by atoms with Crippen LogP contribution in [0, 0.1) is 17.6 Å². The van der Waals surface area contributed by atoms with Gasteiger partial charge in [-0.25, -0.2) is 18.4 Å². The molecule has 252 valence electrons. The number of nitrogens with one attached hydrogen (secondary N) is 1. The Hall–Kier alpha value is -4.11. The van der Waals surface area contributed by atoms with Crippen LogP contribution in [-0.4, -0.2) is 74.2 Å². The highest BCUT2D eigenvalue weighted by molar-refractivity contribution is 5.92. The molecule has 1 heterocycles. The molecule has 0 spiro atoms. The van der Waals surface area contributed by atoms with Crippen LogP contribution in [0.2, 0.25) is 0 Å². The van der Waals surface area contributed by atoms with Gasteiger partial charge in [0.25, 0.3) is 0 Å². The number of nitrogens with zero attached hydrogens (tertiary/aromatic N) is 3. The molecule has 1 saturated carbocycles. The van der Waals surface area contributed by atoms with Crippen molar-refractivity contribution in [3.8, 4) is 0 Å². The summed E-state index contributed by atoms with van der Waals surface area (Å²) in [6.07, 6.45) is -9.08. The SMILES string of the molecule is COC(=O)NC1CCC(C(=O)N2C[C@@H](N(C)C(=O)N(C)c3cc(C(F)(F)F)cc(C(F)(F)F)c3)[C@H](c3ccc(F)cc3F)C2)CC1. The van der Waals surface area contributed by atoms with Gasteiger partial charge in [0.15, 0.2) is 0 Å². The molecule has 2 fully saturated rings. The van der Waals surface area contributed by atoms with Gasteiger partial charge in [-0.2, -0.15) is 26.3 Å². The number of rotatable bonds is 5. The van der Waals surface area contributed by atoms with E-state index in [1.54, 1.807) is 0 Å². The summed E-state index contributed by atoms with van der Waals surface area (Å²) in [5.41, 5.74) is -3.93. The van der Waals surface area contributed by atoms with E-state index < -0.39 is 70.8 Å². The fourth-order valence-corrected chi connectivity index (χ4v) is 6.06. The van der Waals surface area contributed by atoms with Crippen LogP contribution in [0.15, 0.2) is 36.4 Å². The lowest BCUT2D eigenvalue weighted by molar-refractivity contribution is -0.143. The summed E-state index contributed by atoms with van der Waals surface area (Å²) in [6, 6.07) is 1.38. The van der Waals surface area contributed by atoms with Crippen molar-refractivity contribution in [3.05, 3.63) is 64.7 Å². The summed E-state index contributed by atoms with van der Waals surface area (Å²) in [5, 5.41) is 2.69. The van der Waals surface area contributed by atoms with Crippen LogP contribution < -0.4 is 10.2 Å². The molecule has 2 atom stereocenters. The highest BCUT2D eigenvalue weighted by atomic mass is 19.4. The third kappa shape index (κ3) is 7.64. The van der Waals surface area contributed by atoms with E-state index in [0.717, 1.165) is 18.0 Å². The molecule has 1 N–H and O–H groups in total. The number of likely N-dealkylation sites (tertiary alicyclic amines) is 1. The number of carbonyl (C=O) groups is 3. The van der Waals surface area contributed by atoms with E-state index in [4.69, 9.17) is 0 Å². The third-order valence-electron chi connectivity index (χ3n) is 8.59. The van der Waals surface area contributed by atoms with E-state index >= 15 is 4.39 Å². The van der Waals surface area contributed by atoms with Crippen molar-refractivity contribution in [2.45, 2.75) is 56.0 Å². The van der Waals surface area contributed by atoms with Crippen molar-refractivity contribution in [1.29, 1.82) is 0 Å². The summed E-state index contributed by atoms with van der Waals surface area (Å²) < 4.78 is 114. The zero-order valence-electron chi connectivity index (χ0n) is 25.0. The molecule has 46 heavy (non-hydrogen) atoms. The van der Waals surface area contributed by atoms with Crippen LogP contribution in [-0.2, 0) is 21.9 Å². The number of carbonyl (C=O) groups excluding carboxylic acids is 3. The zero-order chi connectivity index (χ0) is 34.1. The normalized spacial score (nSPS) is 21.9. The van der Waals surface area contributed by atoms with Crippen molar-refractivity contribution < 1.29 is 54.2 Å². The first-order chi connectivity index (χ1) is 21.4. The minimum absolute atomic E-state index is 0.0200. The molecule has 0 radical (unpaired) electrons. The maximum Gasteiger partial charge on any atom is 0.416 e. The Kier molecular flexibility index (Phi) is 10.1. The Bertz CT molecular complexity index is 1430. The number of methoxy groups -OCH3 is 1. The van der Waals surface area contributed by atoms with Gasteiger partial charge >= 0.3 is 24.5 Å². The number of likely N-dealkylation sites (N-methyl/N-ethyl adjacent to an activating group) is 1. The molecule has 1 aliphatic carbocycles. The molecule has 1 saturated heterocycles. The quantitative estimate of drug-likeness (QED) is 0.376. The van der Waals surface area contributed by atoms with Gasteiger partial charge in [0.1, 0.15) is 11.6 Å². The predicted molar refractivity (Wildman–Crippen MR) is 149 cm³/mol. The van der Waals surface area contributed by atoms with Crippen LogP contribution >= 0.6 is 0 Å². The number of alkyl carbamates (subject to hydrolysis) is 1. The molecular formula is C30H32F8N4O4. The van der Waals surface area contributed by atoms with Crippen LogP contribution in [0.1, 0.15) is 48.3 Å². The number of hydrogen-bond donors (Lipinski definition) is 1. The van der Waals surface area contributed by atoms with Crippen molar-refractivity contribution in [3.63, 3.8) is 0 Å². The van der Waals surface area contributed by atoms with Gasteiger partial charge in [0, 0.05) is 56.8 Å². The van der Waals surface area contributed by atoms with Crippen molar-refractivity contribution in [1.82, 2.24) is 15.1 Å². The molecule has 0 unspecified atom stereocenters. The molecule has 1 aliphatic heterocycles. The van der Waals surface area contributed by atoms with Crippen molar-refractivity contribution in [2.24, 2.45) is 5.92 Å². The second-order valence-corrected chi connectivity index (χ2v) is 11.5. The third-order valence-corrected chi connectivity index (χ3v) is 8.59. The lowest BCUT2D eigenvalue weighted by atomic mass is 9.85. The minimum atomic E-state index is -5.14. The topological polar surface area (TPSA) is 82.2 Å². The van der Waals surface area contributed by atoms with E-state index in [0.29, 0.717) is 48.8 Å². The van der Waals surface area contributed by atoms with Gasteiger partial charge in [-0.05, 0) is 55.5 Å². The fraction of sp³-hybridized carbons (Fsp3) is 0.500. The standard InChI is InChI=1S/C30H32F8N4O4/c1-40(21-11-17(29(33,34)35)10-18(12-21)30(36,37)38)28(45)41(2)25-15-42(14-23(25)22-9-6-19(31)13-24(22)32)26(43)16-4-7-20(8-5-16)39-27(44)46-3/h6,9-13,16,20,23,25H,4-5,7-8,14-15H2,1-3H3,(H,39,44)/t16?,20?,23-,25+/m0/s1. The van der Waals surface area contributed by atoms with Crippen LogP contribution in [0.5, 0.6) is 0 Å². The average Bonchev–Trinajstić information content (AvgIpc) is 3.44. The second-order valence-electron chi connectivity index (χ2n) is 11.5. The number of urea groups is 1. The average molecular weight is 665 g/mol. The predicted octanol–water partition coefficient (Wildman–Crippen LogP) is 6.40. The maximum absolute atomic E-state index is 15.0. The van der Waals surface area contributed by atoms with Gasteiger partial charge in [0.2, 0.25) is 5.91 Å². The second kappa shape index (κ2) is 13.3. The molecule has 8 nitrogen and oxygen atoms in total. The number of alkyl halides is 6. The Labute approximate surface area is 259 Å². The number of benzene rings is 2. The molecule has 4 amide bonds. The van der Waals surface area contributed by atoms with Gasteiger partial charge in [0.05, 0.1) is 24.3 Å². The number of amides is 4. The zero-order valence-corrected chi connectivity index (χ0v) is 25.0. The highest BCUT2D eigenvalue weighted by Crippen LogP contribution is 2.40. The van der Waals surface area contributed by atoms with Gasteiger partial charge in [-0.1, -0.05) is 6.07 Å². The summed E-state index contributed by atoms with van der Waals surface area (Å²) in [5.74, 6) is -3.47. The number of hydrogen-bond acceptors (Lipinski definition) is 4. The monoisotopic (exact) mass is 664 g/mol. The van der Waals surface area contributed by atoms with Crippen molar-refractivity contribution in [2.75, 3.05) is 39.2 Å². The fourth-order valence-electron chi connectivity index (χ4n) is 6.06. The molecule has 0 bridgehead atoms. The minimum Gasteiger partial charge on any atom is -0.453 e. The molecule has 4 rings (SSSR count). The van der Waals surface area contributed by atoms with Crippen molar-refractivity contribution >= 4 is 23.7 Å². The molecule has 2 aromatic rings. The molecular weight excluding hydrogens is 632 g/mol. The summed E-state index contributed by atoms with van der Waals surface area (Å²) in [7, 11) is 3.47. The maximum atomic E-state index is 15.0. The largest absolute Gasteiger partial charge is 0.453 e. The lowest BCUT2D eigenvalue weighted by Gasteiger charge is -2.33. The molecule has 2 aliphatic rings. The van der Waals surface area contributed by atoms with Crippen LogP contribution in [0.3, 0.4) is 0 Å². The van der Waals surface area contributed by atoms with E-state index in [2.05, 4.69) is 10.1 Å². The van der Waals surface area contributed by atoms with E-state index in [1.165, 1.54) is 25.1 Å². The lowest BCUT2D eigenvalue weighted by Crippen LogP contribution is -2.48. The van der Waals surface area contributed by atoms with E-state index in [9.17, 15) is 45.1 Å². The molecule has 0 aromatic heterocycles. The molecule has 16 heteroatoms.